The van der Waals surface area contributed by atoms with Crippen molar-refractivity contribution in [1.29, 1.82) is 0 Å². The van der Waals surface area contributed by atoms with Crippen LogP contribution in [0.15, 0.2) is 60.9 Å². The number of aromatic nitrogens is 1. The van der Waals surface area contributed by atoms with Crippen LogP contribution in [0.5, 0.6) is 11.5 Å². The smallest absolute Gasteiger partial charge is 0.252 e. The molecule has 0 saturated heterocycles. The summed E-state index contributed by atoms with van der Waals surface area (Å²) >= 11 is 0. The van der Waals surface area contributed by atoms with Gasteiger partial charge in [-0.3, -0.25) is 9.78 Å². The Morgan fingerprint density at radius 3 is 2.69 bits per heavy atom. The van der Waals surface area contributed by atoms with E-state index in [1.165, 1.54) is 12.3 Å². The number of carbonyl (C=O) groups is 1. The van der Waals surface area contributed by atoms with Gasteiger partial charge in [-0.1, -0.05) is 18.2 Å². The zero-order valence-electron chi connectivity index (χ0n) is 15.7. The molecule has 0 spiro atoms. The van der Waals surface area contributed by atoms with Gasteiger partial charge in [-0.15, -0.1) is 0 Å². The molecule has 148 valence electrons. The Morgan fingerprint density at radius 1 is 1.00 bits per heavy atom. The Labute approximate surface area is 167 Å². The van der Waals surface area contributed by atoms with Crippen LogP contribution in [0.3, 0.4) is 0 Å². The number of carbonyl (C=O) groups excluding carboxylic acids is 1. The highest BCUT2D eigenvalue weighted by molar-refractivity contribution is 5.94. The maximum atomic E-state index is 13.7. The number of nitrogens with one attached hydrogen (secondary N) is 2. The number of benzene rings is 2. The van der Waals surface area contributed by atoms with Gasteiger partial charge in [0.15, 0.2) is 11.5 Å². The Hall–Kier alpha value is -3.61. The Bertz CT molecular complexity index is 1030. The quantitative estimate of drug-likeness (QED) is 0.668. The fraction of sp³-hybridized carbons (Fsp3) is 0.182. The molecule has 7 heteroatoms. The lowest BCUT2D eigenvalue weighted by Gasteiger charge is -2.19. The molecule has 0 atom stereocenters. The third-order valence-electron chi connectivity index (χ3n) is 4.47. The standard InChI is InChI=1S/C22H20FN3O3/c23-19-4-2-1-3-15(19)7-8-25-22(27)16-11-18(14-24-13-16)26-17-5-6-20-21(12-17)29-10-9-28-20/h1-6,11-14,26H,7-10H2,(H,25,27). The summed E-state index contributed by atoms with van der Waals surface area (Å²) in [6.45, 7) is 1.39. The second kappa shape index (κ2) is 8.60. The highest BCUT2D eigenvalue weighted by Gasteiger charge is 2.12. The van der Waals surface area contributed by atoms with E-state index >= 15 is 0 Å². The SMILES string of the molecule is O=C(NCCc1ccccc1F)c1cncc(Nc2ccc3c(c2)OCCO3)c1. The molecule has 1 aliphatic rings. The Kier molecular flexibility index (Phi) is 5.56. The molecule has 0 bridgehead atoms. The second-order valence-corrected chi connectivity index (χ2v) is 6.54. The van der Waals surface area contributed by atoms with Crippen LogP contribution in [-0.4, -0.2) is 30.6 Å². The van der Waals surface area contributed by atoms with Gasteiger partial charge in [0.2, 0.25) is 0 Å². The fourth-order valence-electron chi connectivity index (χ4n) is 3.03. The summed E-state index contributed by atoms with van der Waals surface area (Å²) < 4.78 is 24.8. The van der Waals surface area contributed by atoms with Crippen molar-refractivity contribution in [2.75, 3.05) is 25.1 Å². The number of pyridine rings is 1. The van der Waals surface area contributed by atoms with Gasteiger partial charge in [-0.25, -0.2) is 4.39 Å². The van der Waals surface area contributed by atoms with Crippen molar-refractivity contribution in [2.45, 2.75) is 6.42 Å². The molecular formula is C22H20FN3O3. The summed E-state index contributed by atoms with van der Waals surface area (Å²) in [6.07, 6.45) is 3.54. The average Bonchev–Trinajstić information content (AvgIpc) is 2.75. The molecule has 0 fully saturated rings. The third kappa shape index (κ3) is 4.63. The van der Waals surface area contributed by atoms with E-state index in [2.05, 4.69) is 15.6 Å². The van der Waals surface area contributed by atoms with Gasteiger partial charge in [-0.05, 0) is 36.2 Å². The lowest BCUT2D eigenvalue weighted by atomic mass is 10.1. The predicted octanol–water partition coefficient (Wildman–Crippen LogP) is 3.71. The third-order valence-corrected chi connectivity index (χ3v) is 4.47. The maximum Gasteiger partial charge on any atom is 0.252 e. The molecule has 6 nitrogen and oxygen atoms in total. The van der Waals surface area contributed by atoms with Crippen molar-refractivity contribution in [3.05, 3.63) is 77.9 Å². The Morgan fingerprint density at radius 2 is 1.83 bits per heavy atom. The van der Waals surface area contributed by atoms with E-state index in [0.717, 1.165) is 5.69 Å². The summed E-state index contributed by atoms with van der Waals surface area (Å²) in [5.41, 5.74) is 2.46. The Balaban J connectivity index is 1.38. The van der Waals surface area contributed by atoms with E-state index in [9.17, 15) is 9.18 Å². The molecule has 0 aliphatic carbocycles. The van der Waals surface area contributed by atoms with E-state index < -0.39 is 0 Å². The van der Waals surface area contributed by atoms with E-state index in [1.807, 2.05) is 18.2 Å². The number of ether oxygens (including phenoxy) is 2. The van der Waals surface area contributed by atoms with Crippen LogP contribution in [-0.2, 0) is 6.42 Å². The van der Waals surface area contributed by atoms with Crippen molar-refractivity contribution in [3.8, 4) is 11.5 Å². The normalized spacial score (nSPS) is 12.3. The topological polar surface area (TPSA) is 72.5 Å². The first kappa shape index (κ1) is 18.7. The average molecular weight is 393 g/mol. The molecule has 29 heavy (non-hydrogen) atoms. The van der Waals surface area contributed by atoms with Crippen LogP contribution in [0, 0.1) is 5.82 Å². The maximum absolute atomic E-state index is 13.7. The van der Waals surface area contributed by atoms with Gasteiger partial charge in [0.1, 0.15) is 19.0 Å². The number of nitrogens with zero attached hydrogens (tertiary/aromatic N) is 1. The van der Waals surface area contributed by atoms with E-state index in [-0.39, 0.29) is 11.7 Å². The largest absolute Gasteiger partial charge is 0.486 e. The van der Waals surface area contributed by atoms with Crippen LogP contribution in [0.2, 0.25) is 0 Å². The number of rotatable bonds is 6. The number of anilines is 2. The first-order valence-corrected chi connectivity index (χ1v) is 9.32. The number of hydrogen-bond acceptors (Lipinski definition) is 5. The minimum atomic E-state index is -0.269. The van der Waals surface area contributed by atoms with E-state index in [0.29, 0.717) is 54.5 Å². The van der Waals surface area contributed by atoms with Crippen LogP contribution in [0.4, 0.5) is 15.8 Å². The van der Waals surface area contributed by atoms with Crippen molar-refractivity contribution < 1.29 is 18.7 Å². The summed E-state index contributed by atoms with van der Waals surface area (Å²) in [5, 5.41) is 6.01. The van der Waals surface area contributed by atoms with Crippen LogP contribution >= 0.6 is 0 Å². The minimum absolute atomic E-state index is 0.264. The molecule has 4 rings (SSSR count). The fourth-order valence-corrected chi connectivity index (χ4v) is 3.03. The molecule has 0 radical (unpaired) electrons. The van der Waals surface area contributed by atoms with Gasteiger partial charge in [0, 0.05) is 24.5 Å². The second-order valence-electron chi connectivity index (χ2n) is 6.54. The number of amides is 1. The first-order valence-electron chi connectivity index (χ1n) is 9.32. The van der Waals surface area contributed by atoms with Crippen LogP contribution < -0.4 is 20.1 Å². The lowest BCUT2D eigenvalue weighted by molar-refractivity contribution is 0.0953. The molecule has 2 heterocycles. The van der Waals surface area contributed by atoms with Gasteiger partial charge in [0.25, 0.3) is 5.91 Å². The minimum Gasteiger partial charge on any atom is -0.486 e. The molecule has 1 aliphatic heterocycles. The summed E-state index contributed by atoms with van der Waals surface area (Å²) in [6, 6.07) is 13.8. The zero-order valence-corrected chi connectivity index (χ0v) is 15.7. The predicted molar refractivity (Wildman–Crippen MR) is 107 cm³/mol. The van der Waals surface area contributed by atoms with Crippen LogP contribution in [0.1, 0.15) is 15.9 Å². The van der Waals surface area contributed by atoms with Gasteiger partial charge in [-0.2, -0.15) is 0 Å². The van der Waals surface area contributed by atoms with Crippen molar-refractivity contribution in [1.82, 2.24) is 10.3 Å². The molecule has 3 aromatic rings. The monoisotopic (exact) mass is 393 g/mol. The lowest BCUT2D eigenvalue weighted by Crippen LogP contribution is -2.26. The summed E-state index contributed by atoms with van der Waals surface area (Å²) in [7, 11) is 0. The van der Waals surface area contributed by atoms with Crippen molar-refractivity contribution in [3.63, 3.8) is 0 Å². The summed E-state index contributed by atoms with van der Waals surface area (Å²) in [4.78, 5) is 16.5. The first-order chi connectivity index (χ1) is 14.2. The zero-order chi connectivity index (χ0) is 20.1. The molecular weight excluding hydrogens is 373 g/mol. The van der Waals surface area contributed by atoms with Crippen LogP contribution in [0.25, 0.3) is 0 Å². The van der Waals surface area contributed by atoms with Gasteiger partial charge in [0.05, 0.1) is 17.4 Å². The van der Waals surface area contributed by atoms with E-state index in [1.54, 1.807) is 30.5 Å². The van der Waals surface area contributed by atoms with E-state index in [4.69, 9.17) is 9.47 Å². The molecule has 0 unspecified atom stereocenters. The van der Waals surface area contributed by atoms with Gasteiger partial charge >= 0.3 is 0 Å². The highest BCUT2D eigenvalue weighted by atomic mass is 19.1. The number of hydrogen-bond donors (Lipinski definition) is 2. The molecule has 1 aromatic heterocycles. The molecule has 1 amide bonds. The highest BCUT2D eigenvalue weighted by Crippen LogP contribution is 2.33. The molecule has 0 saturated carbocycles. The molecule has 2 aromatic carbocycles. The number of halogens is 1. The molecule has 2 N–H and O–H groups in total. The van der Waals surface area contributed by atoms with Crippen molar-refractivity contribution in [2.24, 2.45) is 0 Å². The van der Waals surface area contributed by atoms with Crippen molar-refractivity contribution >= 4 is 17.3 Å². The summed E-state index contributed by atoms with van der Waals surface area (Å²) in [5.74, 6) is 0.855. The van der Waals surface area contributed by atoms with Gasteiger partial charge < -0.3 is 20.1 Å². The number of fused-ring (bicyclic) bond motifs is 1.